The van der Waals surface area contributed by atoms with Gasteiger partial charge in [-0.05, 0) is 13.0 Å². The summed E-state index contributed by atoms with van der Waals surface area (Å²) >= 11 is 0. The van der Waals surface area contributed by atoms with Gasteiger partial charge in [-0.25, -0.2) is 8.42 Å². The first kappa shape index (κ1) is 13.8. The Hall–Kier alpha value is 0.200. The van der Waals surface area contributed by atoms with Crippen LogP contribution in [0.1, 0.15) is 20.3 Å². The van der Waals surface area contributed by atoms with Crippen molar-refractivity contribution < 1.29 is 8.42 Å². The molecule has 0 aliphatic carbocycles. The number of hydrogen-bond donors (Lipinski definition) is 1. The van der Waals surface area contributed by atoms with Crippen molar-refractivity contribution in [2.45, 2.75) is 20.3 Å². The van der Waals surface area contributed by atoms with Gasteiger partial charge in [0.1, 0.15) is 0 Å². The maximum absolute atomic E-state index is 10.9. The Morgan fingerprint density at radius 1 is 1.27 bits per heavy atom. The lowest BCUT2D eigenvalue weighted by Crippen LogP contribution is -2.24. The molecular weight excluding hydrogens is 186 g/mol. The zero-order valence-corrected chi connectivity index (χ0v) is 8.59. The van der Waals surface area contributed by atoms with E-state index >= 15 is 0 Å². The molecular formula is C6H16ClNO2S. The second-order valence-electron chi connectivity index (χ2n) is 2.20. The van der Waals surface area contributed by atoms with E-state index in [9.17, 15) is 8.42 Å². The SMILES string of the molecule is CCCS(=O)(=O)CNCC.Cl. The molecule has 0 amide bonds. The van der Waals surface area contributed by atoms with Crippen LogP contribution in [0.5, 0.6) is 0 Å². The van der Waals surface area contributed by atoms with Gasteiger partial charge in [0.15, 0.2) is 9.84 Å². The van der Waals surface area contributed by atoms with Crippen molar-refractivity contribution in [2.24, 2.45) is 0 Å². The molecule has 3 nitrogen and oxygen atoms in total. The van der Waals surface area contributed by atoms with Crippen LogP contribution < -0.4 is 5.32 Å². The van der Waals surface area contributed by atoms with Crippen LogP contribution in [0, 0.1) is 0 Å². The summed E-state index contributed by atoms with van der Waals surface area (Å²) in [5.41, 5.74) is 0. The van der Waals surface area contributed by atoms with Gasteiger partial charge >= 0.3 is 0 Å². The largest absolute Gasteiger partial charge is 0.304 e. The van der Waals surface area contributed by atoms with E-state index in [1.807, 2.05) is 13.8 Å². The summed E-state index contributed by atoms with van der Waals surface area (Å²) in [5, 5.41) is 2.79. The van der Waals surface area contributed by atoms with Crippen molar-refractivity contribution in [1.82, 2.24) is 5.32 Å². The lowest BCUT2D eigenvalue weighted by Gasteiger charge is -2.01. The fourth-order valence-corrected chi connectivity index (χ4v) is 1.92. The maximum atomic E-state index is 10.9. The fourth-order valence-electron chi connectivity index (χ4n) is 0.641. The van der Waals surface area contributed by atoms with Crippen molar-refractivity contribution in [2.75, 3.05) is 18.2 Å². The Morgan fingerprint density at radius 2 is 1.82 bits per heavy atom. The Balaban J connectivity index is 0. The molecule has 70 valence electrons. The molecule has 0 radical (unpaired) electrons. The standard InChI is InChI=1S/C6H15NO2S.ClH/c1-3-5-10(8,9)6-7-4-2;/h7H,3-6H2,1-2H3;1H. The molecule has 0 aromatic heterocycles. The smallest absolute Gasteiger partial charge is 0.163 e. The van der Waals surface area contributed by atoms with Gasteiger partial charge in [-0.1, -0.05) is 13.8 Å². The summed E-state index contributed by atoms with van der Waals surface area (Å²) in [6.07, 6.45) is 0.702. The van der Waals surface area contributed by atoms with Crippen molar-refractivity contribution in [3.63, 3.8) is 0 Å². The Kier molecular flexibility index (Phi) is 8.61. The van der Waals surface area contributed by atoms with Crippen LogP contribution in [0.4, 0.5) is 0 Å². The highest BCUT2D eigenvalue weighted by Gasteiger charge is 2.06. The van der Waals surface area contributed by atoms with Gasteiger partial charge in [0, 0.05) is 0 Å². The van der Waals surface area contributed by atoms with Crippen LogP contribution in [0.2, 0.25) is 0 Å². The average Bonchev–Trinajstić information content (AvgIpc) is 1.84. The number of sulfone groups is 1. The minimum Gasteiger partial charge on any atom is -0.304 e. The van der Waals surface area contributed by atoms with E-state index < -0.39 is 9.84 Å². The fraction of sp³-hybridized carbons (Fsp3) is 1.00. The second-order valence-corrected chi connectivity index (χ2v) is 4.38. The summed E-state index contributed by atoms with van der Waals surface area (Å²) in [5.74, 6) is 0.414. The third kappa shape index (κ3) is 8.10. The van der Waals surface area contributed by atoms with E-state index in [4.69, 9.17) is 0 Å². The molecule has 0 atom stereocenters. The lowest BCUT2D eigenvalue weighted by molar-refractivity contribution is 0.587. The summed E-state index contributed by atoms with van der Waals surface area (Å²) in [6.45, 7) is 4.47. The van der Waals surface area contributed by atoms with Gasteiger partial charge in [0.05, 0.1) is 11.6 Å². The van der Waals surface area contributed by atoms with E-state index in [1.165, 1.54) is 0 Å². The molecule has 0 heterocycles. The average molecular weight is 202 g/mol. The van der Waals surface area contributed by atoms with Gasteiger partial charge in [-0.3, -0.25) is 0 Å². The highest BCUT2D eigenvalue weighted by Crippen LogP contribution is 1.89. The quantitative estimate of drug-likeness (QED) is 0.716. The summed E-state index contributed by atoms with van der Waals surface area (Å²) in [4.78, 5) is 0. The molecule has 1 N–H and O–H groups in total. The Bertz CT molecular complexity index is 167. The first-order valence-corrected chi connectivity index (χ1v) is 5.35. The van der Waals surface area contributed by atoms with Crippen LogP contribution in [-0.2, 0) is 9.84 Å². The highest BCUT2D eigenvalue weighted by molar-refractivity contribution is 7.91. The minimum absolute atomic E-state index is 0. The molecule has 0 saturated heterocycles. The molecule has 0 bridgehead atoms. The molecule has 0 aliphatic heterocycles. The number of halogens is 1. The molecule has 0 aromatic carbocycles. The second kappa shape index (κ2) is 6.88. The summed E-state index contributed by atoms with van der Waals surface area (Å²) in [6, 6.07) is 0. The van der Waals surface area contributed by atoms with Crippen LogP contribution in [0.25, 0.3) is 0 Å². The Labute approximate surface area is 74.9 Å². The topological polar surface area (TPSA) is 46.2 Å². The maximum Gasteiger partial charge on any atom is 0.163 e. The van der Waals surface area contributed by atoms with Gasteiger partial charge in [-0.2, -0.15) is 0 Å². The van der Waals surface area contributed by atoms with Crippen LogP contribution in [-0.4, -0.2) is 26.6 Å². The first-order valence-electron chi connectivity index (χ1n) is 3.53. The molecule has 0 aromatic rings. The molecule has 11 heavy (non-hydrogen) atoms. The van der Waals surface area contributed by atoms with Crippen molar-refractivity contribution in [1.29, 1.82) is 0 Å². The molecule has 0 spiro atoms. The normalized spacial score (nSPS) is 10.7. The summed E-state index contributed by atoms with van der Waals surface area (Å²) < 4.78 is 21.9. The molecule has 0 rings (SSSR count). The minimum atomic E-state index is -2.80. The zero-order valence-electron chi connectivity index (χ0n) is 6.96. The molecule has 0 unspecified atom stereocenters. The van der Waals surface area contributed by atoms with Gasteiger partial charge in [-0.15, -0.1) is 12.4 Å². The Morgan fingerprint density at radius 3 is 2.18 bits per heavy atom. The van der Waals surface area contributed by atoms with Crippen molar-refractivity contribution in [3.8, 4) is 0 Å². The molecule has 5 heteroatoms. The zero-order chi connectivity index (χ0) is 8.04. The summed E-state index contributed by atoms with van der Waals surface area (Å²) in [7, 11) is -2.80. The third-order valence-corrected chi connectivity index (χ3v) is 2.76. The first-order chi connectivity index (χ1) is 4.62. The van der Waals surface area contributed by atoms with Crippen LogP contribution in [0.15, 0.2) is 0 Å². The highest BCUT2D eigenvalue weighted by atomic mass is 35.5. The van der Waals surface area contributed by atoms with Gasteiger partial charge in [0.2, 0.25) is 0 Å². The number of rotatable bonds is 5. The van der Waals surface area contributed by atoms with Gasteiger partial charge < -0.3 is 5.32 Å². The molecule has 0 fully saturated rings. The van der Waals surface area contributed by atoms with Crippen molar-refractivity contribution in [3.05, 3.63) is 0 Å². The van der Waals surface area contributed by atoms with Gasteiger partial charge in [0.25, 0.3) is 0 Å². The van der Waals surface area contributed by atoms with E-state index in [2.05, 4.69) is 5.32 Å². The predicted molar refractivity (Wildman–Crippen MR) is 49.9 cm³/mol. The van der Waals surface area contributed by atoms with Crippen LogP contribution >= 0.6 is 12.4 Å². The predicted octanol–water partition coefficient (Wildman–Crippen LogP) is 0.800. The third-order valence-electron chi connectivity index (χ3n) is 1.09. The van der Waals surface area contributed by atoms with Crippen LogP contribution in [0.3, 0.4) is 0 Å². The number of nitrogens with one attached hydrogen (secondary N) is 1. The monoisotopic (exact) mass is 201 g/mol. The lowest BCUT2D eigenvalue weighted by atomic mass is 10.6. The van der Waals surface area contributed by atoms with E-state index in [0.717, 1.165) is 0 Å². The van der Waals surface area contributed by atoms with E-state index in [1.54, 1.807) is 0 Å². The van der Waals surface area contributed by atoms with E-state index in [-0.39, 0.29) is 18.3 Å². The number of hydrogen-bond acceptors (Lipinski definition) is 3. The molecule has 0 saturated carbocycles. The van der Waals surface area contributed by atoms with Crippen molar-refractivity contribution >= 4 is 22.2 Å². The molecule has 0 aliphatic rings. The van der Waals surface area contributed by atoms with E-state index in [0.29, 0.717) is 18.7 Å².